The van der Waals surface area contributed by atoms with Crippen LogP contribution < -0.4 is 0 Å². The molecule has 0 aromatic carbocycles. The summed E-state index contributed by atoms with van der Waals surface area (Å²) < 4.78 is 4.77. The average Bonchev–Trinajstić information content (AvgIpc) is 2.25. The molecule has 1 saturated heterocycles. The first-order chi connectivity index (χ1) is 5.20. The predicted molar refractivity (Wildman–Crippen MR) is 32.3 cm³/mol. The summed E-state index contributed by atoms with van der Waals surface area (Å²) in [5.74, 6) is -1.13. The van der Waals surface area contributed by atoms with Crippen molar-refractivity contribution >= 4 is 11.8 Å². The van der Waals surface area contributed by atoms with E-state index >= 15 is 0 Å². The summed E-state index contributed by atoms with van der Waals surface area (Å²) in [5, 5.41) is 8.52. The lowest BCUT2D eigenvalue weighted by Crippen LogP contribution is -2.54. The van der Waals surface area contributed by atoms with E-state index in [1.807, 2.05) is 0 Å². The van der Waals surface area contributed by atoms with Crippen LogP contribution in [-0.2, 0) is 14.3 Å². The van der Waals surface area contributed by atoms with Crippen LogP contribution in [0.4, 0.5) is 0 Å². The van der Waals surface area contributed by atoms with Crippen molar-refractivity contribution in [3.05, 3.63) is 12.0 Å². The van der Waals surface area contributed by atoms with Gasteiger partial charge in [0.2, 0.25) is 12.0 Å². The van der Waals surface area contributed by atoms with Gasteiger partial charge in [-0.05, 0) is 0 Å². The Morgan fingerprint density at radius 3 is 3.00 bits per heavy atom. The van der Waals surface area contributed by atoms with Crippen LogP contribution in [0.1, 0.15) is 0 Å². The standard InChI is InChI=1S/C6H5NO4/c8-4-1-7-3(6(9)10)2-11-5(4)7/h2,5H,1H2,(H,9,10). The third kappa shape index (κ3) is 0.646. The van der Waals surface area contributed by atoms with Gasteiger partial charge >= 0.3 is 5.97 Å². The number of ketones is 1. The first kappa shape index (κ1) is 6.21. The second-order valence-corrected chi connectivity index (χ2v) is 2.39. The zero-order valence-corrected chi connectivity index (χ0v) is 5.48. The topological polar surface area (TPSA) is 66.8 Å². The molecule has 0 radical (unpaired) electrons. The molecule has 11 heavy (non-hydrogen) atoms. The molecule has 1 N–H and O–H groups in total. The Hall–Kier alpha value is -1.52. The van der Waals surface area contributed by atoms with Crippen molar-refractivity contribution in [2.75, 3.05) is 6.54 Å². The molecule has 2 aliphatic rings. The molecule has 1 atom stereocenters. The van der Waals surface area contributed by atoms with Gasteiger partial charge in [0.25, 0.3) is 0 Å². The minimum Gasteiger partial charge on any atom is -0.476 e. The average molecular weight is 155 g/mol. The Balaban J connectivity index is 2.18. The number of carbonyl (C=O) groups is 2. The Labute approximate surface area is 61.9 Å². The maximum atomic E-state index is 10.7. The Kier molecular flexibility index (Phi) is 0.986. The molecule has 0 aromatic heterocycles. The molecule has 5 nitrogen and oxygen atoms in total. The van der Waals surface area contributed by atoms with Crippen LogP contribution in [0.5, 0.6) is 0 Å². The molecule has 2 heterocycles. The second-order valence-electron chi connectivity index (χ2n) is 2.39. The second kappa shape index (κ2) is 1.75. The van der Waals surface area contributed by atoms with Crippen LogP contribution in [0.2, 0.25) is 0 Å². The normalized spacial score (nSPS) is 26.9. The van der Waals surface area contributed by atoms with E-state index in [0.29, 0.717) is 0 Å². The molecule has 1 fully saturated rings. The minimum absolute atomic E-state index is 0.0644. The summed E-state index contributed by atoms with van der Waals surface area (Å²) in [7, 11) is 0. The number of Topliss-reactive ketones (excluding diaryl/α,β-unsaturated/α-hetero) is 1. The first-order valence-electron chi connectivity index (χ1n) is 3.08. The molecule has 0 aliphatic carbocycles. The predicted octanol–water partition coefficient (Wildman–Crippen LogP) is -0.847. The van der Waals surface area contributed by atoms with Crippen molar-refractivity contribution in [1.29, 1.82) is 0 Å². The summed E-state index contributed by atoms with van der Waals surface area (Å²) in [5.41, 5.74) is 0.0644. The number of rotatable bonds is 1. The number of ether oxygens (including phenoxy) is 1. The minimum atomic E-state index is -1.06. The molecular formula is C6H5NO4. The summed E-state index contributed by atoms with van der Waals surface area (Å²) in [6, 6.07) is 0. The van der Waals surface area contributed by atoms with Crippen LogP contribution >= 0.6 is 0 Å². The fraction of sp³-hybridized carbons (Fsp3) is 0.333. The van der Waals surface area contributed by atoms with Gasteiger partial charge in [0, 0.05) is 0 Å². The van der Waals surface area contributed by atoms with Gasteiger partial charge in [0.1, 0.15) is 6.26 Å². The summed E-state index contributed by atoms with van der Waals surface area (Å²) in [6.45, 7) is 0.156. The third-order valence-corrected chi connectivity index (χ3v) is 1.72. The van der Waals surface area contributed by atoms with E-state index in [4.69, 9.17) is 9.84 Å². The molecule has 58 valence electrons. The molecule has 0 bridgehead atoms. The maximum Gasteiger partial charge on any atom is 0.355 e. The highest BCUT2D eigenvalue weighted by atomic mass is 16.5. The lowest BCUT2D eigenvalue weighted by atomic mass is 10.1. The number of carbonyl (C=O) groups excluding carboxylic acids is 1. The third-order valence-electron chi connectivity index (χ3n) is 1.72. The number of hydrogen-bond acceptors (Lipinski definition) is 4. The van der Waals surface area contributed by atoms with E-state index < -0.39 is 12.2 Å². The van der Waals surface area contributed by atoms with Crippen LogP contribution in [0, 0.1) is 0 Å². The van der Waals surface area contributed by atoms with Crippen LogP contribution in [-0.4, -0.2) is 34.5 Å². The Morgan fingerprint density at radius 1 is 1.82 bits per heavy atom. The molecule has 0 amide bonds. The molecular weight excluding hydrogens is 150 g/mol. The quantitative estimate of drug-likeness (QED) is 0.534. The van der Waals surface area contributed by atoms with Gasteiger partial charge in [-0.3, -0.25) is 4.79 Å². The molecule has 2 aliphatic heterocycles. The van der Waals surface area contributed by atoms with Gasteiger partial charge in [-0.25, -0.2) is 4.79 Å². The maximum absolute atomic E-state index is 10.7. The molecule has 5 heteroatoms. The monoisotopic (exact) mass is 155 g/mol. The van der Waals surface area contributed by atoms with Gasteiger partial charge in [-0.15, -0.1) is 0 Å². The van der Waals surface area contributed by atoms with E-state index in [0.717, 1.165) is 6.26 Å². The van der Waals surface area contributed by atoms with Crippen LogP contribution in [0.15, 0.2) is 12.0 Å². The van der Waals surface area contributed by atoms with Gasteiger partial charge in [-0.1, -0.05) is 0 Å². The fourth-order valence-corrected chi connectivity index (χ4v) is 1.12. The van der Waals surface area contributed by atoms with E-state index in [-0.39, 0.29) is 18.0 Å². The van der Waals surface area contributed by atoms with Crippen LogP contribution in [0.25, 0.3) is 0 Å². The van der Waals surface area contributed by atoms with E-state index in [1.165, 1.54) is 4.90 Å². The Bertz CT molecular complexity index is 270. The van der Waals surface area contributed by atoms with Crippen molar-refractivity contribution in [3.8, 4) is 0 Å². The zero-order valence-electron chi connectivity index (χ0n) is 5.48. The van der Waals surface area contributed by atoms with Gasteiger partial charge in [0.05, 0.1) is 6.54 Å². The summed E-state index contributed by atoms with van der Waals surface area (Å²) in [6.07, 6.45) is 0.457. The first-order valence-corrected chi connectivity index (χ1v) is 3.08. The van der Waals surface area contributed by atoms with Gasteiger partial charge < -0.3 is 14.7 Å². The van der Waals surface area contributed by atoms with E-state index in [1.54, 1.807) is 0 Å². The van der Waals surface area contributed by atoms with Gasteiger partial charge in [0.15, 0.2) is 5.70 Å². The number of carboxylic acids is 1. The van der Waals surface area contributed by atoms with Gasteiger partial charge in [-0.2, -0.15) is 0 Å². The van der Waals surface area contributed by atoms with Crippen molar-refractivity contribution in [2.45, 2.75) is 6.23 Å². The smallest absolute Gasteiger partial charge is 0.355 e. The molecule has 0 spiro atoms. The van der Waals surface area contributed by atoms with Crippen LogP contribution in [0.3, 0.4) is 0 Å². The number of nitrogens with zero attached hydrogens (tertiary/aromatic N) is 1. The molecule has 2 rings (SSSR count). The van der Waals surface area contributed by atoms with E-state index in [9.17, 15) is 9.59 Å². The van der Waals surface area contributed by atoms with Crippen molar-refractivity contribution in [3.63, 3.8) is 0 Å². The van der Waals surface area contributed by atoms with E-state index in [2.05, 4.69) is 0 Å². The highest BCUT2D eigenvalue weighted by Crippen LogP contribution is 2.27. The molecule has 1 unspecified atom stereocenters. The van der Waals surface area contributed by atoms with Crippen molar-refractivity contribution in [1.82, 2.24) is 4.90 Å². The Morgan fingerprint density at radius 2 is 2.55 bits per heavy atom. The number of carboxylic acid groups (broad SMARTS) is 1. The highest BCUT2D eigenvalue weighted by molar-refractivity contribution is 5.96. The molecule has 0 saturated carbocycles. The number of aliphatic carboxylic acids is 1. The fourth-order valence-electron chi connectivity index (χ4n) is 1.12. The zero-order chi connectivity index (χ0) is 8.01. The number of hydrogen-bond donors (Lipinski definition) is 1. The highest BCUT2D eigenvalue weighted by Gasteiger charge is 2.46. The van der Waals surface area contributed by atoms with Crippen molar-refractivity contribution < 1.29 is 19.4 Å². The molecule has 0 aromatic rings. The largest absolute Gasteiger partial charge is 0.476 e. The lowest BCUT2D eigenvalue weighted by Gasteiger charge is -2.33. The van der Waals surface area contributed by atoms with Crippen molar-refractivity contribution in [2.24, 2.45) is 0 Å². The summed E-state index contributed by atoms with van der Waals surface area (Å²) >= 11 is 0. The summed E-state index contributed by atoms with van der Waals surface area (Å²) in [4.78, 5) is 22.5. The number of fused-ring (bicyclic) bond motifs is 1. The lowest BCUT2D eigenvalue weighted by molar-refractivity contribution is -0.150. The SMILES string of the molecule is O=C(O)C1=COC2C(=O)CN12.